The van der Waals surface area contributed by atoms with E-state index in [2.05, 4.69) is 10.6 Å². The predicted molar refractivity (Wildman–Crippen MR) is 86.1 cm³/mol. The van der Waals surface area contributed by atoms with E-state index in [1.54, 1.807) is 0 Å². The molecule has 0 aromatic heterocycles. The molecule has 0 aliphatic rings. The fourth-order valence-electron chi connectivity index (χ4n) is 1.92. The van der Waals surface area contributed by atoms with Crippen molar-refractivity contribution in [2.75, 3.05) is 6.54 Å². The maximum atomic E-state index is 11.7. The van der Waals surface area contributed by atoms with E-state index in [0.717, 1.165) is 22.7 Å². The molecule has 0 fully saturated rings. The summed E-state index contributed by atoms with van der Waals surface area (Å²) in [4.78, 5) is 11.7. The van der Waals surface area contributed by atoms with Crippen LogP contribution in [0.5, 0.6) is 0 Å². The van der Waals surface area contributed by atoms with Crippen LogP contribution in [0.25, 0.3) is 0 Å². The highest BCUT2D eigenvalue weighted by Crippen LogP contribution is 2.09. The zero-order valence-electron chi connectivity index (χ0n) is 11.8. The zero-order chi connectivity index (χ0) is 14.9. The van der Waals surface area contributed by atoms with E-state index < -0.39 is 0 Å². The Labute approximate surface area is 130 Å². The van der Waals surface area contributed by atoms with Crippen LogP contribution in [0.3, 0.4) is 0 Å². The monoisotopic (exact) mass is 302 g/mol. The Morgan fingerprint density at radius 3 is 2.29 bits per heavy atom. The molecule has 0 aliphatic carbocycles. The molecule has 1 amide bonds. The molecule has 21 heavy (non-hydrogen) atoms. The molecule has 0 bridgehead atoms. The van der Waals surface area contributed by atoms with Crippen molar-refractivity contribution in [1.29, 1.82) is 0 Å². The Bertz CT molecular complexity index is 555. The highest BCUT2D eigenvalue weighted by atomic mass is 35.5. The van der Waals surface area contributed by atoms with Crippen molar-refractivity contribution in [2.24, 2.45) is 0 Å². The average molecular weight is 303 g/mol. The largest absolute Gasteiger partial charge is 0.352 e. The van der Waals surface area contributed by atoms with Crippen LogP contribution in [0.2, 0.25) is 5.02 Å². The van der Waals surface area contributed by atoms with Crippen LogP contribution in [0.15, 0.2) is 54.6 Å². The van der Waals surface area contributed by atoms with Crippen LogP contribution in [0.4, 0.5) is 0 Å². The quantitative estimate of drug-likeness (QED) is 0.772. The lowest BCUT2D eigenvalue weighted by Gasteiger charge is -2.07. The van der Waals surface area contributed by atoms with Gasteiger partial charge in [-0.15, -0.1) is 0 Å². The van der Waals surface area contributed by atoms with E-state index in [1.807, 2.05) is 54.6 Å². The highest BCUT2D eigenvalue weighted by molar-refractivity contribution is 6.30. The molecule has 0 heterocycles. The van der Waals surface area contributed by atoms with Crippen LogP contribution >= 0.6 is 11.6 Å². The summed E-state index contributed by atoms with van der Waals surface area (Å²) in [5.41, 5.74) is 2.27. The van der Waals surface area contributed by atoms with Crippen molar-refractivity contribution in [1.82, 2.24) is 10.6 Å². The maximum absolute atomic E-state index is 11.7. The lowest BCUT2D eigenvalue weighted by molar-refractivity contribution is -0.121. The summed E-state index contributed by atoms with van der Waals surface area (Å²) in [6, 6.07) is 17.6. The van der Waals surface area contributed by atoms with Gasteiger partial charge in [0.25, 0.3) is 0 Å². The molecule has 110 valence electrons. The molecule has 2 aromatic carbocycles. The van der Waals surface area contributed by atoms with Gasteiger partial charge in [0.2, 0.25) is 5.91 Å². The minimum Gasteiger partial charge on any atom is -0.352 e. The van der Waals surface area contributed by atoms with E-state index in [0.29, 0.717) is 19.5 Å². The zero-order valence-corrected chi connectivity index (χ0v) is 12.6. The van der Waals surface area contributed by atoms with Gasteiger partial charge in [-0.25, -0.2) is 0 Å². The summed E-state index contributed by atoms with van der Waals surface area (Å²) in [6.45, 7) is 1.98. The minimum atomic E-state index is 0.0578. The second kappa shape index (κ2) is 8.45. The van der Waals surface area contributed by atoms with Crippen molar-refractivity contribution in [3.8, 4) is 0 Å². The number of rotatable bonds is 7. The van der Waals surface area contributed by atoms with Crippen LogP contribution < -0.4 is 10.6 Å². The van der Waals surface area contributed by atoms with Gasteiger partial charge in [-0.3, -0.25) is 4.79 Å². The summed E-state index contributed by atoms with van der Waals surface area (Å²) in [5, 5.41) is 6.89. The molecule has 2 aromatic rings. The number of benzene rings is 2. The van der Waals surface area contributed by atoms with Crippen LogP contribution in [0, 0.1) is 0 Å². The van der Waals surface area contributed by atoms with Crippen LogP contribution in [0.1, 0.15) is 17.5 Å². The molecular formula is C17H19ClN2O. The first-order chi connectivity index (χ1) is 10.2. The molecule has 0 radical (unpaired) electrons. The van der Waals surface area contributed by atoms with E-state index in [-0.39, 0.29) is 5.91 Å². The fraction of sp³-hybridized carbons (Fsp3) is 0.235. The number of carbonyl (C=O) groups is 1. The number of amides is 1. The third-order valence-corrected chi connectivity index (χ3v) is 3.36. The summed E-state index contributed by atoms with van der Waals surface area (Å²) in [5.74, 6) is 0.0578. The molecule has 0 saturated heterocycles. The second-order valence-electron chi connectivity index (χ2n) is 4.82. The Morgan fingerprint density at radius 2 is 1.57 bits per heavy atom. The van der Waals surface area contributed by atoms with E-state index >= 15 is 0 Å². The first-order valence-corrected chi connectivity index (χ1v) is 7.37. The topological polar surface area (TPSA) is 41.1 Å². The second-order valence-corrected chi connectivity index (χ2v) is 5.25. The van der Waals surface area contributed by atoms with E-state index in [9.17, 15) is 4.79 Å². The fourth-order valence-corrected chi connectivity index (χ4v) is 2.05. The van der Waals surface area contributed by atoms with Gasteiger partial charge in [0, 0.05) is 31.1 Å². The van der Waals surface area contributed by atoms with Gasteiger partial charge in [0.05, 0.1) is 0 Å². The van der Waals surface area contributed by atoms with Crippen molar-refractivity contribution in [2.45, 2.75) is 19.5 Å². The lowest BCUT2D eigenvalue weighted by atomic mass is 10.2. The molecule has 0 aliphatic heterocycles. The normalized spacial score (nSPS) is 10.3. The smallest absolute Gasteiger partial charge is 0.221 e. The van der Waals surface area contributed by atoms with Crippen molar-refractivity contribution >= 4 is 17.5 Å². The molecule has 0 unspecified atom stereocenters. The first kappa shape index (κ1) is 15.5. The third kappa shape index (κ3) is 5.98. The van der Waals surface area contributed by atoms with Crippen molar-refractivity contribution < 1.29 is 4.79 Å². The van der Waals surface area contributed by atoms with Crippen LogP contribution in [-0.2, 0) is 17.9 Å². The van der Waals surface area contributed by atoms with Crippen molar-refractivity contribution in [3.05, 3.63) is 70.7 Å². The highest BCUT2D eigenvalue weighted by Gasteiger charge is 2.01. The summed E-state index contributed by atoms with van der Waals surface area (Å²) < 4.78 is 0. The molecule has 0 atom stereocenters. The van der Waals surface area contributed by atoms with E-state index in [4.69, 9.17) is 11.6 Å². The molecule has 2 rings (SSSR count). The SMILES string of the molecule is O=C(CCNCc1ccc(Cl)cc1)NCc1ccccc1. The Hall–Kier alpha value is -1.84. The van der Waals surface area contributed by atoms with Gasteiger partial charge in [-0.1, -0.05) is 54.1 Å². The van der Waals surface area contributed by atoms with Gasteiger partial charge in [0.15, 0.2) is 0 Å². The van der Waals surface area contributed by atoms with Crippen molar-refractivity contribution in [3.63, 3.8) is 0 Å². The molecule has 0 saturated carbocycles. The lowest BCUT2D eigenvalue weighted by Crippen LogP contribution is -2.27. The van der Waals surface area contributed by atoms with E-state index in [1.165, 1.54) is 0 Å². The molecular weight excluding hydrogens is 284 g/mol. The summed E-state index contributed by atoms with van der Waals surface area (Å²) >= 11 is 5.83. The third-order valence-electron chi connectivity index (χ3n) is 3.10. The predicted octanol–water partition coefficient (Wildman–Crippen LogP) is 3.14. The van der Waals surface area contributed by atoms with Gasteiger partial charge in [-0.2, -0.15) is 0 Å². The van der Waals surface area contributed by atoms with Gasteiger partial charge >= 0.3 is 0 Å². The molecule has 4 heteroatoms. The standard InChI is InChI=1S/C17H19ClN2O/c18-16-8-6-15(7-9-16)12-19-11-10-17(21)20-13-14-4-2-1-3-5-14/h1-9,19H,10-13H2,(H,20,21). The Kier molecular flexibility index (Phi) is 6.25. The maximum Gasteiger partial charge on any atom is 0.221 e. The first-order valence-electron chi connectivity index (χ1n) is 7.00. The molecule has 0 spiro atoms. The van der Waals surface area contributed by atoms with Gasteiger partial charge in [0.1, 0.15) is 0 Å². The number of carbonyl (C=O) groups excluding carboxylic acids is 1. The number of halogens is 1. The van der Waals surface area contributed by atoms with Gasteiger partial charge in [-0.05, 0) is 23.3 Å². The summed E-state index contributed by atoms with van der Waals surface area (Å²) in [6.07, 6.45) is 0.473. The average Bonchev–Trinajstić information content (AvgIpc) is 2.52. The Balaban J connectivity index is 1.60. The number of hydrogen-bond acceptors (Lipinski definition) is 2. The van der Waals surface area contributed by atoms with Gasteiger partial charge < -0.3 is 10.6 Å². The summed E-state index contributed by atoms with van der Waals surface area (Å²) in [7, 11) is 0. The molecule has 2 N–H and O–H groups in total. The molecule has 3 nitrogen and oxygen atoms in total. The minimum absolute atomic E-state index is 0.0578. The number of nitrogens with one attached hydrogen (secondary N) is 2. The van der Waals surface area contributed by atoms with Crippen LogP contribution in [-0.4, -0.2) is 12.5 Å². The number of hydrogen-bond donors (Lipinski definition) is 2. The Morgan fingerprint density at radius 1 is 0.905 bits per heavy atom.